The molecule has 0 amide bonds. The lowest BCUT2D eigenvalue weighted by Gasteiger charge is -2.03. The van der Waals surface area contributed by atoms with Gasteiger partial charge < -0.3 is 12.3 Å². The van der Waals surface area contributed by atoms with Gasteiger partial charge in [0.15, 0.2) is 16.2 Å². The van der Waals surface area contributed by atoms with Crippen LogP contribution in [0, 0.1) is 32.0 Å². The van der Waals surface area contributed by atoms with Gasteiger partial charge in [-0.25, -0.2) is 0 Å². The number of nitriles is 3. The van der Waals surface area contributed by atoms with Gasteiger partial charge in [0.2, 0.25) is 0 Å². The van der Waals surface area contributed by atoms with Crippen LogP contribution in [0.25, 0.3) is 0 Å². The van der Waals surface area contributed by atoms with Crippen molar-refractivity contribution in [3.8, 4) is 16.2 Å². The molecule has 0 aromatic carbocycles. The molecule has 0 aliphatic heterocycles. The topological polar surface area (TPSA) is 99.1 Å². The van der Waals surface area contributed by atoms with E-state index in [1.165, 1.54) is 0 Å². The minimum absolute atomic E-state index is 0.427. The third-order valence-corrected chi connectivity index (χ3v) is 1.48. The molecular formula is C3BN3O3S3. The molecule has 0 atom stereocenters. The fourth-order valence-corrected chi connectivity index (χ4v) is 0.980. The fraction of sp³-hybridized carbons (Fsp3) is 0. The highest BCUT2D eigenvalue weighted by atomic mass is 32.2. The van der Waals surface area contributed by atoms with Crippen LogP contribution in [0.1, 0.15) is 0 Å². The normalized spacial score (nSPS) is 8.08. The predicted molar refractivity (Wildman–Crippen MR) is 48.6 cm³/mol. The third-order valence-electron chi connectivity index (χ3n) is 0.492. The Morgan fingerprint density at radius 2 is 1.08 bits per heavy atom. The summed E-state index contributed by atoms with van der Waals surface area (Å²) in [4.78, 5) is 0. The molecular weight excluding hydrogens is 233 g/mol. The number of hydrogen-bond acceptors (Lipinski definition) is 9. The van der Waals surface area contributed by atoms with Crippen molar-refractivity contribution in [3.63, 3.8) is 0 Å². The molecule has 0 aromatic heterocycles. The number of thiocyanates is 3. The van der Waals surface area contributed by atoms with Gasteiger partial charge in [0, 0.05) is 0 Å². The van der Waals surface area contributed by atoms with Crippen molar-refractivity contribution in [2.24, 2.45) is 0 Å². The highest BCUT2D eigenvalue weighted by Gasteiger charge is 2.24. The summed E-state index contributed by atoms with van der Waals surface area (Å²) in [6, 6.07) is 0. The molecule has 0 spiro atoms. The first-order valence-corrected chi connectivity index (χ1v) is 4.72. The smallest absolute Gasteiger partial charge is 0.303 e. The van der Waals surface area contributed by atoms with Crippen molar-refractivity contribution >= 4 is 43.4 Å². The molecule has 0 heterocycles. The lowest BCUT2D eigenvalue weighted by Crippen LogP contribution is -2.17. The molecule has 0 saturated carbocycles. The van der Waals surface area contributed by atoms with Gasteiger partial charge in [-0.2, -0.15) is 15.8 Å². The Hall–Kier alpha value is -0.535. The second-order valence-corrected chi connectivity index (χ2v) is 2.73. The van der Waals surface area contributed by atoms with Crippen molar-refractivity contribution in [2.45, 2.75) is 0 Å². The molecule has 66 valence electrons. The van der Waals surface area contributed by atoms with Gasteiger partial charge in [0.05, 0.1) is 36.1 Å². The van der Waals surface area contributed by atoms with Crippen molar-refractivity contribution in [1.82, 2.24) is 0 Å². The Balaban J connectivity index is 3.70. The van der Waals surface area contributed by atoms with Crippen LogP contribution >= 0.6 is 36.1 Å². The first kappa shape index (κ1) is 12.5. The summed E-state index contributed by atoms with van der Waals surface area (Å²) in [7, 11) is -1.24. The van der Waals surface area contributed by atoms with E-state index in [0.29, 0.717) is 36.1 Å². The zero-order valence-corrected chi connectivity index (χ0v) is 8.32. The maximum atomic E-state index is 8.10. The van der Waals surface area contributed by atoms with Gasteiger partial charge in [-0.15, -0.1) is 0 Å². The van der Waals surface area contributed by atoms with Crippen LogP contribution in [0.4, 0.5) is 0 Å². The third kappa shape index (κ3) is 7.81. The van der Waals surface area contributed by atoms with E-state index in [1.807, 2.05) is 0 Å². The van der Waals surface area contributed by atoms with E-state index < -0.39 is 7.32 Å². The predicted octanol–water partition coefficient (Wildman–Crippen LogP) is 1.41. The first-order valence-electron chi connectivity index (χ1n) is 2.49. The summed E-state index contributed by atoms with van der Waals surface area (Å²) < 4.78 is 13.7. The Bertz CT molecular complexity index is 215. The fourth-order valence-electron chi connectivity index (χ4n) is 0.231. The number of nitrogens with zero attached hydrogens (tertiary/aromatic N) is 3. The Labute approximate surface area is 87.9 Å². The zero-order chi connectivity index (χ0) is 9.94. The Kier molecular flexibility index (Phi) is 9.16. The van der Waals surface area contributed by atoms with Crippen molar-refractivity contribution < 1.29 is 12.3 Å². The molecule has 0 fully saturated rings. The largest absolute Gasteiger partial charge is 0.676 e. The lowest BCUT2D eigenvalue weighted by molar-refractivity contribution is 0.383. The molecule has 0 rings (SSSR count). The maximum absolute atomic E-state index is 8.10. The molecule has 0 aliphatic rings. The molecule has 0 aromatic rings. The molecule has 6 nitrogen and oxygen atoms in total. The molecule has 0 radical (unpaired) electrons. The van der Waals surface area contributed by atoms with Crippen LogP contribution in [-0.2, 0) is 12.3 Å². The van der Waals surface area contributed by atoms with E-state index in [4.69, 9.17) is 15.8 Å². The van der Waals surface area contributed by atoms with E-state index in [1.54, 1.807) is 16.2 Å². The quantitative estimate of drug-likeness (QED) is 0.382. The van der Waals surface area contributed by atoms with Crippen LogP contribution in [0.2, 0.25) is 0 Å². The SMILES string of the molecule is N#CSOB(OSC#N)OSC#N. The van der Waals surface area contributed by atoms with Crippen LogP contribution < -0.4 is 0 Å². The first-order chi connectivity index (χ1) is 6.35. The van der Waals surface area contributed by atoms with Crippen LogP contribution in [-0.4, -0.2) is 7.32 Å². The number of rotatable bonds is 6. The Morgan fingerprint density at radius 3 is 1.31 bits per heavy atom. The molecule has 0 N–H and O–H groups in total. The standard InChI is InChI=1S/C3BN3O3S3/c5-1-11-8-4(9-12-2-6)10-13-3-7. The summed E-state index contributed by atoms with van der Waals surface area (Å²) in [6.45, 7) is 0. The van der Waals surface area contributed by atoms with Gasteiger partial charge >= 0.3 is 7.32 Å². The molecule has 13 heavy (non-hydrogen) atoms. The second kappa shape index (κ2) is 9.55. The summed E-state index contributed by atoms with van der Waals surface area (Å²) in [5, 5.41) is 29.1. The monoisotopic (exact) mass is 233 g/mol. The van der Waals surface area contributed by atoms with E-state index in [-0.39, 0.29) is 0 Å². The van der Waals surface area contributed by atoms with Crippen molar-refractivity contribution in [3.05, 3.63) is 0 Å². The van der Waals surface area contributed by atoms with Crippen LogP contribution in [0.3, 0.4) is 0 Å². The van der Waals surface area contributed by atoms with Crippen molar-refractivity contribution in [2.75, 3.05) is 0 Å². The van der Waals surface area contributed by atoms with Gasteiger partial charge in [0.1, 0.15) is 0 Å². The summed E-state index contributed by atoms with van der Waals surface area (Å²) in [5.41, 5.74) is 0. The minimum atomic E-state index is -1.24. The highest BCUT2D eigenvalue weighted by Crippen LogP contribution is 2.15. The van der Waals surface area contributed by atoms with Crippen molar-refractivity contribution in [1.29, 1.82) is 15.8 Å². The summed E-state index contributed by atoms with van der Waals surface area (Å²) in [6.07, 6.45) is 0. The summed E-state index contributed by atoms with van der Waals surface area (Å²) >= 11 is 1.28. The highest BCUT2D eigenvalue weighted by molar-refractivity contribution is 8.02. The van der Waals surface area contributed by atoms with Gasteiger partial charge in [-0.3, -0.25) is 0 Å². The van der Waals surface area contributed by atoms with Crippen LogP contribution in [0.5, 0.6) is 0 Å². The van der Waals surface area contributed by atoms with Gasteiger partial charge in [0.25, 0.3) is 0 Å². The molecule has 0 aliphatic carbocycles. The average Bonchev–Trinajstić information content (AvgIpc) is 2.17. The van der Waals surface area contributed by atoms with E-state index >= 15 is 0 Å². The molecule has 0 bridgehead atoms. The second-order valence-electron chi connectivity index (χ2n) is 1.10. The van der Waals surface area contributed by atoms with E-state index in [9.17, 15) is 0 Å². The Morgan fingerprint density at radius 1 is 0.769 bits per heavy atom. The van der Waals surface area contributed by atoms with E-state index in [0.717, 1.165) is 0 Å². The minimum Gasteiger partial charge on any atom is -0.303 e. The maximum Gasteiger partial charge on any atom is 0.676 e. The average molecular weight is 233 g/mol. The zero-order valence-electron chi connectivity index (χ0n) is 5.87. The number of hydrogen-bond donors (Lipinski definition) is 0. The molecule has 10 heteroatoms. The summed E-state index contributed by atoms with van der Waals surface area (Å²) in [5.74, 6) is 0. The van der Waals surface area contributed by atoms with Gasteiger partial charge in [-0.1, -0.05) is 0 Å². The lowest BCUT2D eigenvalue weighted by atomic mass is 10.3. The molecule has 0 unspecified atom stereocenters. The van der Waals surface area contributed by atoms with Gasteiger partial charge in [-0.05, 0) is 0 Å². The van der Waals surface area contributed by atoms with E-state index in [2.05, 4.69) is 12.3 Å². The van der Waals surface area contributed by atoms with Crippen LogP contribution in [0.15, 0.2) is 0 Å². The molecule has 0 saturated heterocycles.